The van der Waals surface area contributed by atoms with Crippen molar-refractivity contribution in [2.45, 2.75) is 6.54 Å². The number of imide groups is 1. The number of aromatic nitrogens is 2. The third-order valence-corrected chi connectivity index (χ3v) is 6.22. The van der Waals surface area contributed by atoms with E-state index in [-0.39, 0.29) is 23.7 Å². The summed E-state index contributed by atoms with van der Waals surface area (Å²) < 4.78 is 1.07. The number of nitrogens with zero attached hydrogens (tertiary/aromatic N) is 4. The van der Waals surface area contributed by atoms with Gasteiger partial charge in [-0.1, -0.05) is 41.7 Å². The predicted octanol–water partition coefficient (Wildman–Crippen LogP) is 2.31. The highest BCUT2D eigenvalue weighted by molar-refractivity contribution is 7.22. The lowest BCUT2D eigenvalue weighted by Crippen LogP contribution is -2.35. The van der Waals surface area contributed by atoms with Gasteiger partial charge in [0.25, 0.3) is 0 Å². The number of anilines is 1. The van der Waals surface area contributed by atoms with Crippen LogP contribution in [0.3, 0.4) is 0 Å². The zero-order chi connectivity index (χ0) is 17.7. The lowest BCUT2D eigenvalue weighted by atomic mass is 10.00. The van der Waals surface area contributed by atoms with Gasteiger partial charge in [0, 0.05) is 19.3 Å². The van der Waals surface area contributed by atoms with Crippen LogP contribution in [0.1, 0.15) is 5.56 Å². The molecular formula is C19H16N4O2S. The fourth-order valence-electron chi connectivity index (χ4n) is 3.79. The van der Waals surface area contributed by atoms with E-state index in [0.29, 0.717) is 19.6 Å². The van der Waals surface area contributed by atoms with E-state index >= 15 is 0 Å². The minimum absolute atomic E-state index is 0.0610. The molecular weight excluding hydrogens is 348 g/mol. The first-order chi connectivity index (χ1) is 12.7. The molecule has 0 radical (unpaired) electrons. The molecule has 2 saturated heterocycles. The number of pyridine rings is 1. The molecule has 7 heteroatoms. The third kappa shape index (κ3) is 2.39. The molecule has 0 bridgehead atoms. The van der Waals surface area contributed by atoms with Crippen molar-refractivity contribution < 1.29 is 9.59 Å². The normalized spacial score (nSPS) is 22.5. The zero-order valence-electron chi connectivity index (χ0n) is 13.9. The van der Waals surface area contributed by atoms with Gasteiger partial charge in [-0.25, -0.2) is 4.98 Å². The molecule has 2 aromatic heterocycles. The summed E-state index contributed by atoms with van der Waals surface area (Å²) >= 11 is 1.58. The van der Waals surface area contributed by atoms with Crippen molar-refractivity contribution in [3.63, 3.8) is 0 Å². The average Bonchev–Trinajstić information content (AvgIpc) is 3.34. The highest BCUT2D eigenvalue weighted by atomic mass is 32.1. The van der Waals surface area contributed by atoms with Crippen LogP contribution in [0.15, 0.2) is 48.8 Å². The Labute approximate surface area is 154 Å². The molecule has 0 aliphatic carbocycles. The molecule has 6 nitrogen and oxygen atoms in total. The summed E-state index contributed by atoms with van der Waals surface area (Å²) in [7, 11) is 0. The van der Waals surface area contributed by atoms with Crippen LogP contribution in [0.25, 0.3) is 10.2 Å². The molecule has 2 unspecified atom stereocenters. The van der Waals surface area contributed by atoms with E-state index < -0.39 is 0 Å². The van der Waals surface area contributed by atoms with Gasteiger partial charge < -0.3 is 4.90 Å². The van der Waals surface area contributed by atoms with E-state index in [1.165, 1.54) is 4.90 Å². The number of fused-ring (bicyclic) bond motifs is 2. The first kappa shape index (κ1) is 15.5. The molecule has 0 N–H and O–H groups in total. The van der Waals surface area contributed by atoms with Crippen LogP contribution in [0, 0.1) is 11.8 Å². The van der Waals surface area contributed by atoms with Gasteiger partial charge in [0.05, 0.1) is 29.3 Å². The summed E-state index contributed by atoms with van der Waals surface area (Å²) in [5.74, 6) is -0.657. The zero-order valence-corrected chi connectivity index (χ0v) is 14.7. The number of carbonyl (C=O) groups excluding carboxylic acids is 2. The first-order valence-electron chi connectivity index (χ1n) is 8.55. The van der Waals surface area contributed by atoms with Crippen LogP contribution < -0.4 is 4.90 Å². The Balaban J connectivity index is 1.36. The number of benzene rings is 1. The monoisotopic (exact) mass is 364 g/mol. The molecule has 26 heavy (non-hydrogen) atoms. The molecule has 2 amide bonds. The molecule has 0 saturated carbocycles. The van der Waals surface area contributed by atoms with Crippen molar-refractivity contribution in [3.8, 4) is 0 Å². The summed E-state index contributed by atoms with van der Waals surface area (Å²) in [4.78, 5) is 37.8. The lowest BCUT2D eigenvalue weighted by molar-refractivity contribution is -0.140. The van der Waals surface area contributed by atoms with Crippen LogP contribution >= 0.6 is 11.3 Å². The van der Waals surface area contributed by atoms with Gasteiger partial charge in [0.2, 0.25) is 11.8 Å². The Morgan fingerprint density at radius 3 is 2.46 bits per heavy atom. The van der Waals surface area contributed by atoms with Crippen LogP contribution in [0.5, 0.6) is 0 Å². The molecule has 4 heterocycles. The van der Waals surface area contributed by atoms with Gasteiger partial charge in [-0.15, -0.1) is 0 Å². The van der Waals surface area contributed by atoms with Crippen molar-refractivity contribution in [1.29, 1.82) is 0 Å². The van der Waals surface area contributed by atoms with Crippen molar-refractivity contribution in [2.75, 3.05) is 18.0 Å². The van der Waals surface area contributed by atoms with Crippen molar-refractivity contribution in [2.24, 2.45) is 11.8 Å². The molecule has 130 valence electrons. The van der Waals surface area contributed by atoms with E-state index in [2.05, 4.69) is 14.9 Å². The number of thiazole rings is 1. The van der Waals surface area contributed by atoms with Crippen LogP contribution in [-0.2, 0) is 16.1 Å². The standard InChI is InChI=1S/C19H16N4O2S/c24-17-13-10-22(19-21-15-8-20-7-6-16(15)26-19)11-14(13)18(25)23(17)9-12-4-2-1-3-5-12/h1-8,13-14H,9-11H2. The van der Waals surface area contributed by atoms with E-state index in [4.69, 9.17) is 0 Å². The summed E-state index contributed by atoms with van der Waals surface area (Å²) in [5, 5.41) is 0.859. The van der Waals surface area contributed by atoms with Gasteiger partial charge >= 0.3 is 0 Å². The van der Waals surface area contributed by atoms with Crippen LogP contribution in [0.2, 0.25) is 0 Å². The maximum Gasteiger partial charge on any atom is 0.235 e. The largest absolute Gasteiger partial charge is 0.346 e. The molecule has 0 spiro atoms. The summed E-state index contributed by atoms with van der Waals surface area (Å²) in [5.41, 5.74) is 1.83. The fraction of sp³-hybridized carbons (Fsp3) is 0.263. The molecule has 5 rings (SSSR count). The quantitative estimate of drug-likeness (QED) is 0.667. The van der Waals surface area contributed by atoms with Crippen LogP contribution in [0.4, 0.5) is 5.13 Å². The van der Waals surface area contributed by atoms with Gasteiger partial charge in [0.15, 0.2) is 5.13 Å². The summed E-state index contributed by atoms with van der Waals surface area (Å²) in [6, 6.07) is 11.6. The highest BCUT2D eigenvalue weighted by Gasteiger charge is 2.52. The fourth-order valence-corrected chi connectivity index (χ4v) is 4.75. The Bertz CT molecular complexity index is 946. The number of rotatable bonds is 3. The molecule has 1 aromatic carbocycles. The second kappa shape index (κ2) is 5.88. The van der Waals surface area contributed by atoms with E-state index in [9.17, 15) is 9.59 Å². The third-order valence-electron chi connectivity index (χ3n) is 5.12. The van der Waals surface area contributed by atoms with E-state index in [0.717, 1.165) is 20.9 Å². The Kier molecular flexibility index (Phi) is 3.49. The summed E-state index contributed by atoms with van der Waals surface area (Å²) in [6.45, 7) is 1.46. The van der Waals surface area contributed by atoms with Gasteiger partial charge in [-0.05, 0) is 11.6 Å². The maximum atomic E-state index is 12.8. The van der Waals surface area contributed by atoms with Crippen molar-refractivity contribution in [1.82, 2.24) is 14.9 Å². The van der Waals surface area contributed by atoms with Gasteiger partial charge in [-0.2, -0.15) is 0 Å². The SMILES string of the molecule is O=C1C2CN(c3nc4cnccc4s3)CC2C(=O)N1Cc1ccccc1. The number of hydrogen-bond acceptors (Lipinski definition) is 6. The van der Waals surface area contributed by atoms with Crippen molar-refractivity contribution in [3.05, 3.63) is 54.4 Å². The maximum absolute atomic E-state index is 12.8. The first-order valence-corrected chi connectivity index (χ1v) is 9.37. The topological polar surface area (TPSA) is 66.4 Å². The Morgan fingerprint density at radius 2 is 1.77 bits per heavy atom. The molecule has 2 aliphatic rings. The van der Waals surface area contributed by atoms with Crippen LogP contribution in [-0.4, -0.2) is 39.8 Å². The molecule has 2 fully saturated rings. The minimum atomic E-state index is -0.267. The number of likely N-dealkylation sites (tertiary alicyclic amines) is 1. The Hall–Kier alpha value is -2.80. The molecule has 3 aromatic rings. The van der Waals surface area contributed by atoms with E-state index in [1.54, 1.807) is 23.7 Å². The number of hydrogen-bond donors (Lipinski definition) is 0. The number of amides is 2. The van der Waals surface area contributed by atoms with Gasteiger partial charge in [0.1, 0.15) is 5.52 Å². The second-order valence-electron chi connectivity index (χ2n) is 6.71. The lowest BCUT2D eigenvalue weighted by Gasteiger charge is -2.20. The average molecular weight is 364 g/mol. The minimum Gasteiger partial charge on any atom is -0.346 e. The van der Waals surface area contributed by atoms with Gasteiger partial charge in [-0.3, -0.25) is 19.5 Å². The second-order valence-corrected chi connectivity index (χ2v) is 7.72. The highest BCUT2D eigenvalue weighted by Crippen LogP contribution is 2.38. The molecule has 2 atom stereocenters. The molecule has 2 aliphatic heterocycles. The van der Waals surface area contributed by atoms with Crippen molar-refractivity contribution >= 4 is 38.5 Å². The van der Waals surface area contributed by atoms with E-state index in [1.807, 2.05) is 36.4 Å². The number of carbonyl (C=O) groups is 2. The summed E-state index contributed by atoms with van der Waals surface area (Å²) in [6.07, 6.45) is 3.49. The Morgan fingerprint density at radius 1 is 1.04 bits per heavy atom. The predicted molar refractivity (Wildman–Crippen MR) is 98.6 cm³/mol. The smallest absolute Gasteiger partial charge is 0.235 e.